The number of hydrogen-bond donors (Lipinski definition) is 2. The number of rotatable bonds is 1. The van der Waals surface area contributed by atoms with Gasteiger partial charge < -0.3 is 10.2 Å². The molecule has 2 aromatic rings. The van der Waals surface area contributed by atoms with Gasteiger partial charge in [-0.2, -0.15) is 0 Å². The van der Waals surface area contributed by atoms with Crippen LogP contribution in [0.5, 0.6) is 0 Å². The van der Waals surface area contributed by atoms with E-state index in [1.807, 2.05) is 0 Å². The lowest BCUT2D eigenvalue weighted by molar-refractivity contribution is -0.0999. The third-order valence-corrected chi connectivity index (χ3v) is 4.63. The molecule has 7 heteroatoms. The predicted octanol–water partition coefficient (Wildman–Crippen LogP) is -0.638. The zero-order valence-corrected chi connectivity index (χ0v) is 11.8. The minimum atomic E-state index is -1.15. The molecule has 4 atom stereocenters. The van der Waals surface area contributed by atoms with E-state index >= 15 is 0 Å². The highest BCUT2D eigenvalue weighted by molar-refractivity contribution is 5.32. The first-order chi connectivity index (χ1) is 10.5. The van der Waals surface area contributed by atoms with Gasteiger partial charge in [-0.3, -0.25) is 0 Å². The third kappa shape index (κ3) is 1.37. The van der Waals surface area contributed by atoms with Crippen molar-refractivity contribution in [1.29, 1.82) is 0 Å². The van der Waals surface area contributed by atoms with Gasteiger partial charge in [0, 0.05) is 0 Å². The maximum atomic E-state index is 12.8. The second kappa shape index (κ2) is 4.08. The van der Waals surface area contributed by atoms with Gasteiger partial charge in [0.25, 0.3) is 0 Å². The molecule has 0 saturated heterocycles. The highest BCUT2D eigenvalue weighted by Crippen LogP contribution is 2.38. The quantitative estimate of drug-likeness (QED) is 0.686. The van der Waals surface area contributed by atoms with Crippen molar-refractivity contribution in [2.75, 3.05) is 0 Å². The molecule has 7 nitrogen and oxygen atoms in total. The molecule has 114 valence electrons. The van der Waals surface area contributed by atoms with E-state index in [0.717, 1.165) is 4.57 Å². The number of hydrogen-bond acceptors (Lipinski definition) is 4. The molecule has 1 aliphatic carbocycles. The molecule has 2 N–H and O–H groups in total. The average Bonchev–Trinajstić information content (AvgIpc) is 2.79. The first kappa shape index (κ1) is 13.3. The van der Waals surface area contributed by atoms with Crippen LogP contribution in [0.3, 0.4) is 0 Å². The van der Waals surface area contributed by atoms with E-state index in [9.17, 15) is 19.8 Å². The Hall–Kier alpha value is -2.38. The van der Waals surface area contributed by atoms with E-state index in [1.165, 1.54) is 9.36 Å². The minimum absolute atomic E-state index is 0.457. The average molecular weight is 301 g/mol. The molecule has 0 unspecified atom stereocenters. The van der Waals surface area contributed by atoms with Gasteiger partial charge in [0.2, 0.25) is 0 Å². The van der Waals surface area contributed by atoms with Crippen molar-refractivity contribution in [3.05, 3.63) is 63.5 Å². The Labute approximate surface area is 125 Å². The normalized spacial score (nSPS) is 32.2. The molecule has 1 aromatic carbocycles. The van der Waals surface area contributed by atoms with Crippen LogP contribution in [0.2, 0.25) is 0 Å². The standard InChI is InChI=1S/C15H15N3O4/c1-15-8-7-10(11(19)12(15)20)17-13(21)16(14(22)18(15)17)9-5-3-2-4-6-9/h2-8,10-12,19-20H,1H3/t10-,11-,12-,15+/m0/s1. The third-order valence-electron chi connectivity index (χ3n) is 4.63. The Morgan fingerprint density at radius 3 is 2.45 bits per heavy atom. The summed E-state index contributed by atoms with van der Waals surface area (Å²) in [5.41, 5.74) is -1.75. The molecule has 0 spiro atoms. The largest absolute Gasteiger partial charge is 0.388 e. The summed E-state index contributed by atoms with van der Waals surface area (Å²) in [4.78, 5) is 25.5. The summed E-state index contributed by atoms with van der Waals surface area (Å²) in [7, 11) is 0. The number of aliphatic hydroxyl groups is 2. The molecule has 0 amide bonds. The molecule has 0 saturated carbocycles. The zero-order chi connectivity index (χ0) is 15.6. The lowest BCUT2D eigenvalue weighted by atomic mass is 9.80. The molecule has 0 fully saturated rings. The first-order valence-corrected chi connectivity index (χ1v) is 7.05. The number of para-hydroxylation sites is 1. The van der Waals surface area contributed by atoms with Crippen LogP contribution in [0, 0.1) is 0 Å². The van der Waals surface area contributed by atoms with E-state index in [-0.39, 0.29) is 0 Å². The lowest BCUT2D eigenvalue weighted by Gasteiger charge is -2.47. The Balaban J connectivity index is 2.08. The Kier molecular flexibility index (Phi) is 2.47. The summed E-state index contributed by atoms with van der Waals surface area (Å²) < 4.78 is 3.53. The maximum Gasteiger partial charge on any atom is 0.352 e. The monoisotopic (exact) mass is 301 g/mol. The predicted molar refractivity (Wildman–Crippen MR) is 78.1 cm³/mol. The highest BCUT2D eigenvalue weighted by atomic mass is 16.3. The topological polar surface area (TPSA) is 89.4 Å². The van der Waals surface area contributed by atoms with Gasteiger partial charge in [0.1, 0.15) is 23.8 Å². The fourth-order valence-electron chi connectivity index (χ4n) is 3.41. The highest BCUT2D eigenvalue weighted by Gasteiger charge is 2.52. The van der Waals surface area contributed by atoms with Crippen molar-refractivity contribution < 1.29 is 10.2 Å². The second-order valence-electron chi connectivity index (χ2n) is 5.90. The van der Waals surface area contributed by atoms with Crippen LogP contribution in [0.1, 0.15) is 13.0 Å². The zero-order valence-electron chi connectivity index (χ0n) is 11.8. The van der Waals surface area contributed by atoms with E-state index in [2.05, 4.69) is 0 Å². The number of aromatic nitrogens is 3. The van der Waals surface area contributed by atoms with Crippen LogP contribution < -0.4 is 11.4 Å². The lowest BCUT2D eigenvalue weighted by Crippen LogP contribution is -2.63. The van der Waals surface area contributed by atoms with Crippen LogP contribution in [-0.4, -0.2) is 36.4 Å². The first-order valence-electron chi connectivity index (χ1n) is 7.05. The van der Waals surface area contributed by atoms with Crippen molar-refractivity contribution in [2.45, 2.75) is 30.7 Å². The summed E-state index contributed by atoms with van der Waals surface area (Å²) in [6.07, 6.45) is 1.06. The molecule has 22 heavy (non-hydrogen) atoms. The fourth-order valence-corrected chi connectivity index (χ4v) is 3.41. The molecule has 2 aliphatic heterocycles. The Bertz CT molecular complexity index is 892. The fraction of sp³-hybridized carbons (Fsp3) is 0.333. The maximum absolute atomic E-state index is 12.8. The van der Waals surface area contributed by atoms with E-state index in [1.54, 1.807) is 49.4 Å². The van der Waals surface area contributed by atoms with Crippen molar-refractivity contribution in [2.24, 2.45) is 0 Å². The molecular formula is C15H15N3O4. The van der Waals surface area contributed by atoms with Crippen LogP contribution in [-0.2, 0) is 5.54 Å². The Morgan fingerprint density at radius 2 is 1.77 bits per heavy atom. The van der Waals surface area contributed by atoms with Crippen molar-refractivity contribution >= 4 is 0 Å². The number of aliphatic hydroxyl groups excluding tert-OH is 2. The van der Waals surface area contributed by atoms with E-state index in [0.29, 0.717) is 5.69 Å². The summed E-state index contributed by atoms with van der Waals surface area (Å²) in [6.45, 7) is 1.62. The Morgan fingerprint density at radius 1 is 1.09 bits per heavy atom. The molecular weight excluding hydrogens is 286 g/mol. The van der Waals surface area contributed by atoms with Gasteiger partial charge in [-0.05, 0) is 19.1 Å². The van der Waals surface area contributed by atoms with Crippen molar-refractivity contribution in [3.63, 3.8) is 0 Å². The summed E-state index contributed by atoms with van der Waals surface area (Å²) >= 11 is 0. The van der Waals surface area contributed by atoms with Crippen LogP contribution in [0.15, 0.2) is 52.1 Å². The molecule has 2 bridgehead atoms. The van der Waals surface area contributed by atoms with Crippen LogP contribution >= 0.6 is 0 Å². The second-order valence-corrected chi connectivity index (χ2v) is 5.90. The van der Waals surface area contributed by atoms with Gasteiger partial charge in [-0.1, -0.05) is 30.4 Å². The molecule has 0 radical (unpaired) electrons. The molecule has 1 aromatic heterocycles. The van der Waals surface area contributed by atoms with Crippen molar-refractivity contribution in [3.8, 4) is 5.69 Å². The summed E-state index contributed by atoms with van der Waals surface area (Å²) in [5, 5.41) is 20.5. The number of nitrogens with zero attached hydrogens (tertiary/aromatic N) is 3. The SMILES string of the molecule is C[C@@]12C=C[C@@H]([C@H](O)[C@@H]1O)n1c(=O)n(-c3ccccc3)c(=O)n12. The van der Waals surface area contributed by atoms with Crippen LogP contribution in [0.25, 0.3) is 5.69 Å². The smallest absolute Gasteiger partial charge is 0.352 e. The number of benzene rings is 1. The van der Waals surface area contributed by atoms with Gasteiger partial charge in [0.15, 0.2) is 0 Å². The van der Waals surface area contributed by atoms with Crippen molar-refractivity contribution in [1.82, 2.24) is 13.9 Å². The van der Waals surface area contributed by atoms with Crippen LogP contribution in [0.4, 0.5) is 0 Å². The summed E-state index contributed by atoms with van der Waals surface area (Å²) in [5.74, 6) is 0. The summed E-state index contributed by atoms with van der Waals surface area (Å²) in [6, 6.07) is 7.85. The molecule has 3 heterocycles. The van der Waals surface area contributed by atoms with E-state index in [4.69, 9.17) is 0 Å². The molecule has 5 rings (SSSR count). The molecule has 3 aliphatic rings. The number of fused-ring (bicyclic) bond motifs is 1. The van der Waals surface area contributed by atoms with Gasteiger partial charge in [0.05, 0.1) is 5.69 Å². The van der Waals surface area contributed by atoms with Gasteiger partial charge in [-0.15, -0.1) is 0 Å². The van der Waals surface area contributed by atoms with E-state index < -0.39 is 35.2 Å². The van der Waals surface area contributed by atoms with Gasteiger partial charge in [-0.25, -0.2) is 23.5 Å². The van der Waals surface area contributed by atoms with Gasteiger partial charge >= 0.3 is 11.4 Å². The minimum Gasteiger partial charge on any atom is -0.388 e.